The molecule has 2 atom stereocenters. The minimum Gasteiger partial charge on any atom is -0.384 e. The van der Waals surface area contributed by atoms with Crippen molar-refractivity contribution < 1.29 is 9.53 Å². The summed E-state index contributed by atoms with van der Waals surface area (Å²) >= 11 is 0. The van der Waals surface area contributed by atoms with Crippen LogP contribution in [0.2, 0.25) is 0 Å². The first kappa shape index (κ1) is 14.1. The van der Waals surface area contributed by atoms with Crippen molar-refractivity contribution in [3.05, 3.63) is 35.4 Å². The molecule has 1 aliphatic rings. The van der Waals surface area contributed by atoms with E-state index in [0.717, 1.165) is 19.4 Å². The number of methoxy groups -OCH3 is 1. The quantitative estimate of drug-likeness (QED) is 0.834. The number of likely N-dealkylation sites (tertiary alicyclic amines) is 1. The van der Waals surface area contributed by atoms with Crippen LogP contribution in [0, 0.1) is 12.8 Å². The second-order valence-electron chi connectivity index (χ2n) is 5.40. The number of rotatable bonds is 4. The maximum Gasteiger partial charge on any atom is 0.228 e. The summed E-state index contributed by atoms with van der Waals surface area (Å²) in [5.41, 5.74) is 2.56. The van der Waals surface area contributed by atoms with Crippen molar-refractivity contribution in [2.24, 2.45) is 5.92 Å². The third-order valence-corrected chi connectivity index (χ3v) is 3.92. The van der Waals surface area contributed by atoms with E-state index in [0.29, 0.717) is 6.61 Å². The lowest BCUT2D eigenvalue weighted by Crippen LogP contribution is -2.36. The van der Waals surface area contributed by atoms with Gasteiger partial charge in [0, 0.05) is 13.7 Å². The van der Waals surface area contributed by atoms with Gasteiger partial charge in [0.25, 0.3) is 0 Å². The summed E-state index contributed by atoms with van der Waals surface area (Å²) in [5.74, 6) is 0.155. The molecule has 0 radical (unpaired) electrons. The Labute approximate surface area is 115 Å². The van der Waals surface area contributed by atoms with Crippen LogP contribution in [0.4, 0.5) is 0 Å². The molecule has 0 bridgehead atoms. The lowest BCUT2D eigenvalue weighted by atomic mass is 9.98. The van der Waals surface area contributed by atoms with E-state index in [1.165, 1.54) is 11.1 Å². The van der Waals surface area contributed by atoms with E-state index in [9.17, 15) is 4.79 Å². The summed E-state index contributed by atoms with van der Waals surface area (Å²) < 4.78 is 5.10. The lowest BCUT2D eigenvalue weighted by molar-refractivity contribution is -0.137. The maximum atomic E-state index is 12.5. The van der Waals surface area contributed by atoms with Crippen molar-refractivity contribution >= 4 is 5.91 Å². The predicted octanol–water partition coefficient (Wildman–Crippen LogP) is 2.94. The van der Waals surface area contributed by atoms with E-state index in [2.05, 4.69) is 25.1 Å². The van der Waals surface area contributed by atoms with Crippen molar-refractivity contribution in [1.29, 1.82) is 0 Å². The van der Waals surface area contributed by atoms with Gasteiger partial charge in [-0.05, 0) is 30.9 Å². The van der Waals surface area contributed by atoms with E-state index in [4.69, 9.17) is 4.74 Å². The highest BCUT2D eigenvalue weighted by Gasteiger charge is 2.32. The first-order valence-electron chi connectivity index (χ1n) is 7.00. The average molecular weight is 261 g/mol. The van der Waals surface area contributed by atoms with Crippen LogP contribution in [0.15, 0.2) is 24.3 Å². The Kier molecular flexibility index (Phi) is 4.59. The number of benzene rings is 1. The van der Waals surface area contributed by atoms with E-state index in [1.54, 1.807) is 7.11 Å². The molecule has 19 heavy (non-hydrogen) atoms. The highest BCUT2D eigenvalue weighted by atomic mass is 16.5. The molecule has 1 aromatic rings. The van der Waals surface area contributed by atoms with Gasteiger partial charge in [0.15, 0.2) is 0 Å². The molecule has 2 rings (SSSR count). The number of hydrogen-bond acceptors (Lipinski definition) is 2. The molecule has 0 aromatic heterocycles. The molecule has 2 unspecified atom stereocenters. The lowest BCUT2D eigenvalue weighted by Gasteiger charge is -2.28. The molecular formula is C16H23NO2. The largest absolute Gasteiger partial charge is 0.384 e. The molecule has 0 saturated carbocycles. The zero-order chi connectivity index (χ0) is 13.8. The van der Waals surface area contributed by atoms with Crippen molar-refractivity contribution in [3.8, 4) is 0 Å². The Morgan fingerprint density at radius 1 is 1.47 bits per heavy atom. The fraction of sp³-hybridized carbons (Fsp3) is 0.562. The zero-order valence-electron chi connectivity index (χ0n) is 12.1. The third-order valence-electron chi connectivity index (χ3n) is 3.92. The Morgan fingerprint density at radius 2 is 2.21 bits per heavy atom. The Hall–Kier alpha value is -1.35. The summed E-state index contributed by atoms with van der Waals surface area (Å²) in [6.45, 7) is 5.43. The SMILES string of the molecule is COCC(C)C(=O)N1CCCC1c1ccccc1C. The second kappa shape index (κ2) is 6.20. The van der Waals surface area contributed by atoms with Gasteiger partial charge in [0.1, 0.15) is 0 Å². The average Bonchev–Trinajstić information content (AvgIpc) is 2.87. The van der Waals surface area contributed by atoms with Gasteiger partial charge in [0.2, 0.25) is 5.91 Å². The van der Waals surface area contributed by atoms with Crippen LogP contribution in [-0.4, -0.2) is 31.1 Å². The zero-order valence-corrected chi connectivity index (χ0v) is 12.1. The predicted molar refractivity (Wildman–Crippen MR) is 75.9 cm³/mol. The topological polar surface area (TPSA) is 29.5 Å². The molecule has 1 saturated heterocycles. The van der Waals surface area contributed by atoms with Crippen LogP contribution in [0.1, 0.15) is 36.9 Å². The minimum absolute atomic E-state index is 0.0605. The Bertz CT molecular complexity index is 444. The van der Waals surface area contributed by atoms with Gasteiger partial charge in [-0.2, -0.15) is 0 Å². The number of amides is 1. The molecule has 0 N–H and O–H groups in total. The van der Waals surface area contributed by atoms with Crippen LogP contribution in [-0.2, 0) is 9.53 Å². The fourth-order valence-corrected chi connectivity index (χ4v) is 2.92. The van der Waals surface area contributed by atoms with Gasteiger partial charge in [-0.15, -0.1) is 0 Å². The molecule has 1 aliphatic heterocycles. The standard InChI is InChI=1S/C16H23NO2/c1-12-7-4-5-8-14(12)15-9-6-10-17(15)16(18)13(2)11-19-3/h4-5,7-8,13,15H,6,9-11H2,1-3H3. The van der Waals surface area contributed by atoms with Gasteiger partial charge in [-0.1, -0.05) is 31.2 Å². The molecule has 1 aromatic carbocycles. The summed E-state index contributed by atoms with van der Waals surface area (Å²) in [6, 6.07) is 8.62. The van der Waals surface area contributed by atoms with Crippen molar-refractivity contribution in [3.63, 3.8) is 0 Å². The van der Waals surface area contributed by atoms with Gasteiger partial charge >= 0.3 is 0 Å². The monoisotopic (exact) mass is 261 g/mol. The van der Waals surface area contributed by atoms with E-state index in [-0.39, 0.29) is 17.9 Å². The van der Waals surface area contributed by atoms with Crippen LogP contribution in [0.3, 0.4) is 0 Å². The fourth-order valence-electron chi connectivity index (χ4n) is 2.92. The van der Waals surface area contributed by atoms with Crippen LogP contribution < -0.4 is 0 Å². The molecule has 1 fully saturated rings. The van der Waals surface area contributed by atoms with Crippen LogP contribution >= 0.6 is 0 Å². The first-order valence-corrected chi connectivity index (χ1v) is 7.00. The van der Waals surface area contributed by atoms with E-state index in [1.807, 2.05) is 17.9 Å². The number of carbonyl (C=O) groups excluding carboxylic acids is 1. The Morgan fingerprint density at radius 3 is 2.89 bits per heavy atom. The summed E-state index contributed by atoms with van der Waals surface area (Å²) in [6.07, 6.45) is 2.15. The summed E-state index contributed by atoms with van der Waals surface area (Å²) in [7, 11) is 1.65. The number of ether oxygens (including phenoxy) is 1. The Balaban J connectivity index is 2.17. The molecule has 3 nitrogen and oxygen atoms in total. The van der Waals surface area contributed by atoms with E-state index < -0.39 is 0 Å². The molecule has 0 aliphatic carbocycles. The number of carbonyl (C=O) groups is 1. The molecular weight excluding hydrogens is 238 g/mol. The molecule has 1 amide bonds. The summed E-state index contributed by atoms with van der Waals surface area (Å²) in [5, 5.41) is 0. The molecule has 1 heterocycles. The molecule has 104 valence electrons. The normalized spacial score (nSPS) is 20.6. The maximum absolute atomic E-state index is 12.5. The van der Waals surface area contributed by atoms with Gasteiger partial charge in [-0.3, -0.25) is 4.79 Å². The number of nitrogens with zero attached hydrogens (tertiary/aromatic N) is 1. The smallest absolute Gasteiger partial charge is 0.228 e. The minimum atomic E-state index is -0.0605. The highest BCUT2D eigenvalue weighted by molar-refractivity contribution is 5.79. The molecule has 3 heteroatoms. The second-order valence-corrected chi connectivity index (χ2v) is 5.40. The van der Waals surface area contributed by atoms with Gasteiger partial charge in [-0.25, -0.2) is 0 Å². The van der Waals surface area contributed by atoms with E-state index >= 15 is 0 Å². The highest BCUT2D eigenvalue weighted by Crippen LogP contribution is 2.34. The third kappa shape index (κ3) is 2.98. The van der Waals surface area contributed by atoms with Crippen molar-refractivity contribution in [2.45, 2.75) is 32.7 Å². The van der Waals surface area contributed by atoms with Gasteiger partial charge in [0.05, 0.1) is 18.6 Å². The number of aryl methyl sites for hydroxylation is 1. The van der Waals surface area contributed by atoms with Gasteiger partial charge < -0.3 is 9.64 Å². The summed E-state index contributed by atoms with van der Waals surface area (Å²) in [4.78, 5) is 14.5. The number of hydrogen-bond donors (Lipinski definition) is 0. The van der Waals surface area contributed by atoms with Crippen molar-refractivity contribution in [1.82, 2.24) is 4.90 Å². The first-order chi connectivity index (χ1) is 9.15. The molecule has 0 spiro atoms. The van der Waals surface area contributed by atoms with Crippen LogP contribution in [0.25, 0.3) is 0 Å². The van der Waals surface area contributed by atoms with Crippen LogP contribution in [0.5, 0.6) is 0 Å². The van der Waals surface area contributed by atoms with Crippen molar-refractivity contribution in [2.75, 3.05) is 20.3 Å².